The van der Waals surface area contributed by atoms with Gasteiger partial charge in [-0.05, 0) is 5.92 Å². The molecule has 0 radical (unpaired) electrons. The van der Waals surface area contributed by atoms with Crippen LogP contribution in [0.25, 0.3) is 0 Å². The maximum Gasteiger partial charge on any atom is 0.217 e. The highest BCUT2D eigenvalue weighted by molar-refractivity contribution is 5.73. The van der Waals surface area contributed by atoms with Gasteiger partial charge in [0.2, 0.25) is 5.91 Å². The van der Waals surface area contributed by atoms with Gasteiger partial charge in [0.25, 0.3) is 0 Å². The average molecular weight is 140 g/mol. The standard InChI is InChI=1S/C7H12N2O/c1-5(2)7(4-8)9-6(3)10/h5,7H,1-3H3,(H,9,10). The molecule has 10 heavy (non-hydrogen) atoms. The van der Waals surface area contributed by atoms with Gasteiger partial charge >= 0.3 is 0 Å². The fourth-order valence-electron chi connectivity index (χ4n) is 0.567. The van der Waals surface area contributed by atoms with Gasteiger partial charge in [-0.3, -0.25) is 4.79 Å². The Kier molecular flexibility index (Phi) is 3.48. The van der Waals surface area contributed by atoms with Crippen LogP contribution in [0.4, 0.5) is 0 Å². The van der Waals surface area contributed by atoms with Gasteiger partial charge < -0.3 is 5.32 Å². The third-order valence-corrected chi connectivity index (χ3v) is 1.16. The molecule has 0 bridgehead atoms. The normalized spacial score (nSPS) is 12.3. The smallest absolute Gasteiger partial charge is 0.217 e. The number of amides is 1. The molecular weight excluding hydrogens is 128 g/mol. The molecule has 0 rings (SSSR count). The van der Waals surface area contributed by atoms with Crippen molar-refractivity contribution < 1.29 is 4.79 Å². The van der Waals surface area contributed by atoms with Crippen molar-refractivity contribution in [2.24, 2.45) is 5.92 Å². The van der Waals surface area contributed by atoms with Crippen LogP contribution in [0.5, 0.6) is 0 Å². The van der Waals surface area contributed by atoms with Crippen molar-refractivity contribution in [2.45, 2.75) is 26.8 Å². The van der Waals surface area contributed by atoms with Gasteiger partial charge in [0.1, 0.15) is 6.04 Å². The zero-order chi connectivity index (χ0) is 8.15. The third-order valence-electron chi connectivity index (χ3n) is 1.16. The van der Waals surface area contributed by atoms with Crippen molar-refractivity contribution in [3.8, 4) is 6.07 Å². The highest BCUT2D eigenvalue weighted by atomic mass is 16.1. The molecule has 0 aromatic heterocycles. The number of hydrogen-bond acceptors (Lipinski definition) is 2. The fourth-order valence-corrected chi connectivity index (χ4v) is 0.567. The van der Waals surface area contributed by atoms with Crippen LogP contribution in [0.2, 0.25) is 0 Å². The first-order valence-corrected chi connectivity index (χ1v) is 3.24. The SMILES string of the molecule is CC(=O)NC(C#N)C(C)C. The van der Waals surface area contributed by atoms with Gasteiger partial charge in [0.15, 0.2) is 0 Å². The fraction of sp³-hybridized carbons (Fsp3) is 0.714. The lowest BCUT2D eigenvalue weighted by Gasteiger charge is -2.12. The minimum atomic E-state index is -0.350. The summed E-state index contributed by atoms with van der Waals surface area (Å²) < 4.78 is 0. The number of nitriles is 1. The maximum absolute atomic E-state index is 10.5. The molecule has 0 spiro atoms. The summed E-state index contributed by atoms with van der Waals surface area (Å²) in [5.74, 6) is 0.0224. The molecule has 0 saturated heterocycles. The van der Waals surface area contributed by atoms with Crippen molar-refractivity contribution in [2.75, 3.05) is 0 Å². The molecule has 0 aliphatic heterocycles. The molecule has 0 aromatic carbocycles. The van der Waals surface area contributed by atoms with Crippen LogP contribution in [0.3, 0.4) is 0 Å². The molecule has 1 amide bonds. The number of carbonyl (C=O) groups is 1. The number of nitrogens with one attached hydrogen (secondary N) is 1. The van der Waals surface area contributed by atoms with Gasteiger partial charge in [0, 0.05) is 6.92 Å². The summed E-state index contributed by atoms with van der Waals surface area (Å²) >= 11 is 0. The summed E-state index contributed by atoms with van der Waals surface area (Å²) in [6, 6.07) is 1.65. The number of carbonyl (C=O) groups excluding carboxylic acids is 1. The lowest BCUT2D eigenvalue weighted by Crippen LogP contribution is -2.35. The maximum atomic E-state index is 10.5. The first-order chi connectivity index (χ1) is 4.57. The predicted molar refractivity (Wildman–Crippen MR) is 38.1 cm³/mol. The van der Waals surface area contributed by atoms with E-state index in [2.05, 4.69) is 5.32 Å². The van der Waals surface area contributed by atoms with E-state index in [4.69, 9.17) is 5.26 Å². The molecule has 1 N–H and O–H groups in total. The number of hydrogen-bond donors (Lipinski definition) is 1. The van der Waals surface area contributed by atoms with Crippen molar-refractivity contribution in [1.29, 1.82) is 5.26 Å². The van der Waals surface area contributed by atoms with E-state index in [1.54, 1.807) is 0 Å². The predicted octanol–water partition coefficient (Wildman–Crippen LogP) is 0.671. The molecule has 0 fully saturated rings. The lowest BCUT2D eigenvalue weighted by molar-refractivity contribution is -0.119. The molecule has 3 nitrogen and oxygen atoms in total. The van der Waals surface area contributed by atoms with Crippen LogP contribution in [0, 0.1) is 17.2 Å². The summed E-state index contributed by atoms with van der Waals surface area (Å²) in [5.41, 5.74) is 0. The van der Waals surface area contributed by atoms with Gasteiger partial charge in [0.05, 0.1) is 6.07 Å². The second kappa shape index (κ2) is 3.89. The Labute approximate surface area is 61.0 Å². The molecule has 0 aliphatic rings. The zero-order valence-corrected chi connectivity index (χ0v) is 6.51. The van der Waals surface area contributed by atoms with Crippen molar-refractivity contribution in [3.63, 3.8) is 0 Å². The third kappa shape index (κ3) is 3.08. The molecule has 0 heterocycles. The van der Waals surface area contributed by atoms with E-state index >= 15 is 0 Å². The van der Waals surface area contributed by atoms with Gasteiger partial charge in [-0.1, -0.05) is 13.8 Å². The lowest BCUT2D eigenvalue weighted by atomic mass is 10.1. The summed E-state index contributed by atoms with van der Waals surface area (Å²) in [5, 5.41) is 11.0. The van der Waals surface area contributed by atoms with Crippen molar-refractivity contribution in [1.82, 2.24) is 5.32 Å². The van der Waals surface area contributed by atoms with E-state index in [0.29, 0.717) is 0 Å². The molecule has 56 valence electrons. The summed E-state index contributed by atoms with van der Waals surface area (Å²) in [7, 11) is 0. The van der Waals surface area contributed by atoms with Crippen LogP contribution >= 0.6 is 0 Å². The highest BCUT2D eigenvalue weighted by Crippen LogP contribution is 1.98. The Morgan fingerprint density at radius 1 is 1.60 bits per heavy atom. The van der Waals surface area contributed by atoms with E-state index < -0.39 is 0 Å². The van der Waals surface area contributed by atoms with Crippen LogP contribution in [-0.2, 0) is 4.79 Å². The Morgan fingerprint density at radius 3 is 2.20 bits per heavy atom. The Hall–Kier alpha value is -1.04. The topological polar surface area (TPSA) is 52.9 Å². The summed E-state index contributed by atoms with van der Waals surface area (Å²) in [4.78, 5) is 10.5. The van der Waals surface area contributed by atoms with Crippen LogP contribution in [0.15, 0.2) is 0 Å². The molecule has 3 heteroatoms. The van der Waals surface area contributed by atoms with Crippen LogP contribution in [-0.4, -0.2) is 11.9 Å². The second-order valence-corrected chi connectivity index (χ2v) is 2.55. The molecule has 0 aliphatic carbocycles. The van der Waals surface area contributed by atoms with E-state index in [9.17, 15) is 4.79 Å². The Morgan fingerprint density at radius 2 is 2.10 bits per heavy atom. The molecule has 0 aromatic rings. The number of nitrogens with zero attached hydrogens (tertiary/aromatic N) is 1. The highest BCUT2D eigenvalue weighted by Gasteiger charge is 2.11. The molecule has 0 saturated carbocycles. The van der Waals surface area contributed by atoms with Crippen molar-refractivity contribution in [3.05, 3.63) is 0 Å². The quantitative estimate of drug-likeness (QED) is 0.613. The zero-order valence-electron chi connectivity index (χ0n) is 6.51. The minimum absolute atomic E-state index is 0.153. The van der Waals surface area contributed by atoms with E-state index in [1.165, 1.54) is 6.92 Å². The van der Waals surface area contributed by atoms with Gasteiger partial charge in [-0.15, -0.1) is 0 Å². The second-order valence-electron chi connectivity index (χ2n) is 2.55. The molecular formula is C7H12N2O. The van der Waals surface area contributed by atoms with Gasteiger partial charge in [-0.25, -0.2) is 0 Å². The van der Waals surface area contributed by atoms with E-state index in [0.717, 1.165) is 0 Å². The van der Waals surface area contributed by atoms with Gasteiger partial charge in [-0.2, -0.15) is 5.26 Å². The Balaban J connectivity index is 3.87. The van der Waals surface area contributed by atoms with E-state index in [-0.39, 0.29) is 17.9 Å². The average Bonchev–Trinajstić information content (AvgIpc) is 1.81. The number of rotatable bonds is 2. The Bertz CT molecular complexity index is 157. The van der Waals surface area contributed by atoms with E-state index in [1.807, 2.05) is 19.9 Å². The summed E-state index contributed by atoms with van der Waals surface area (Å²) in [6.07, 6.45) is 0. The first-order valence-electron chi connectivity index (χ1n) is 3.24. The van der Waals surface area contributed by atoms with Crippen LogP contribution < -0.4 is 5.32 Å². The molecule has 1 unspecified atom stereocenters. The van der Waals surface area contributed by atoms with Crippen LogP contribution in [0.1, 0.15) is 20.8 Å². The summed E-state index contributed by atoms with van der Waals surface area (Å²) in [6.45, 7) is 5.19. The monoisotopic (exact) mass is 140 g/mol. The first kappa shape index (κ1) is 8.96. The van der Waals surface area contributed by atoms with Crippen molar-refractivity contribution >= 4 is 5.91 Å². The largest absolute Gasteiger partial charge is 0.340 e. The minimum Gasteiger partial charge on any atom is -0.340 e. The molecule has 1 atom stereocenters.